The van der Waals surface area contributed by atoms with E-state index in [4.69, 9.17) is 6.42 Å². The van der Waals surface area contributed by atoms with Gasteiger partial charge in [0.25, 0.3) is 0 Å². The van der Waals surface area contributed by atoms with E-state index in [9.17, 15) is 4.79 Å². The number of terminal acetylenes is 1. The van der Waals surface area contributed by atoms with Crippen LogP contribution in [-0.2, 0) is 4.79 Å². The Morgan fingerprint density at radius 1 is 1.64 bits per heavy atom. The van der Waals surface area contributed by atoms with Crippen LogP contribution in [0.4, 0.5) is 0 Å². The number of hydrogen-bond acceptors (Lipinski definition) is 2. The highest BCUT2D eigenvalue weighted by Crippen LogP contribution is 2.28. The minimum absolute atomic E-state index is 0.0284. The van der Waals surface area contributed by atoms with Gasteiger partial charge in [0, 0.05) is 6.54 Å². The van der Waals surface area contributed by atoms with Gasteiger partial charge in [-0.2, -0.15) is 0 Å². The maximum atomic E-state index is 11.3. The summed E-state index contributed by atoms with van der Waals surface area (Å²) in [4.78, 5) is 13.5. The Labute approximate surface area is 85.9 Å². The van der Waals surface area contributed by atoms with Gasteiger partial charge in [-0.05, 0) is 18.4 Å². The minimum atomic E-state index is 0.0284. The van der Waals surface area contributed by atoms with Crippen LogP contribution in [-0.4, -0.2) is 37.0 Å². The fourth-order valence-corrected chi connectivity index (χ4v) is 1.77. The molecule has 0 aromatic heterocycles. The molecule has 1 amide bonds. The van der Waals surface area contributed by atoms with Crippen molar-refractivity contribution >= 4 is 5.91 Å². The summed E-state index contributed by atoms with van der Waals surface area (Å²) in [6, 6.07) is 0. The number of carbonyl (C=O) groups is 1. The number of nitrogens with one attached hydrogen (secondary N) is 1. The lowest BCUT2D eigenvalue weighted by molar-refractivity contribution is -0.121. The predicted octanol–water partition coefficient (Wildman–Crippen LogP) is 0.468. The Morgan fingerprint density at radius 2 is 2.36 bits per heavy atom. The Kier molecular flexibility index (Phi) is 3.54. The van der Waals surface area contributed by atoms with Gasteiger partial charge >= 0.3 is 0 Å². The van der Waals surface area contributed by atoms with Crippen molar-refractivity contribution < 1.29 is 4.79 Å². The van der Waals surface area contributed by atoms with Crippen molar-refractivity contribution in [3.63, 3.8) is 0 Å². The summed E-state index contributed by atoms with van der Waals surface area (Å²) >= 11 is 0. The zero-order valence-electron chi connectivity index (χ0n) is 8.97. The lowest BCUT2D eigenvalue weighted by atomic mass is 9.93. The van der Waals surface area contributed by atoms with Crippen LogP contribution in [0.1, 0.15) is 20.3 Å². The summed E-state index contributed by atoms with van der Waals surface area (Å²) in [5.74, 6) is 2.42. The second kappa shape index (κ2) is 4.47. The molecule has 14 heavy (non-hydrogen) atoms. The van der Waals surface area contributed by atoms with E-state index in [0.29, 0.717) is 18.5 Å². The molecule has 1 fully saturated rings. The first-order valence-electron chi connectivity index (χ1n) is 4.96. The third kappa shape index (κ3) is 3.39. The molecular formula is C11H18N2O. The SMILES string of the molecule is C#CCNC(=O)CN1CCC(C)(C)C1. The molecule has 0 saturated carbocycles. The zero-order valence-corrected chi connectivity index (χ0v) is 8.97. The van der Waals surface area contributed by atoms with E-state index in [1.807, 2.05) is 0 Å². The Bertz CT molecular complexity index is 253. The third-order valence-corrected chi connectivity index (χ3v) is 2.51. The van der Waals surface area contributed by atoms with Crippen LogP contribution in [0.25, 0.3) is 0 Å². The van der Waals surface area contributed by atoms with Gasteiger partial charge in [-0.15, -0.1) is 6.42 Å². The second-order valence-corrected chi connectivity index (χ2v) is 4.61. The Hall–Kier alpha value is -1.01. The number of nitrogens with zero attached hydrogens (tertiary/aromatic N) is 1. The van der Waals surface area contributed by atoms with Crippen LogP contribution in [0.15, 0.2) is 0 Å². The van der Waals surface area contributed by atoms with Gasteiger partial charge in [0.1, 0.15) is 0 Å². The summed E-state index contributed by atoms with van der Waals surface area (Å²) in [5.41, 5.74) is 0.354. The first-order valence-corrected chi connectivity index (χ1v) is 4.96. The molecule has 1 aliphatic heterocycles. The molecule has 1 aliphatic rings. The lowest BCUT2D eigenvalue weighted by Gasteiger charge is -2.18. The Balaban J connectivity index is 2.26. The molecule has 0 atom stereocenters. The number of amides is 1. The number of likely N-dealkylation sites (tertiary alicyclic amines) is 1. The smallest absolute Gasteiger partial charge is 0.234 e. The van der Waals surface area contributed by atoms with E-state index in [-0.39, 0.29) is 5.91 Å². The highest BCUT2D eigenvalue weighted by atomic mass is 16.2. The maximum Gasteiger partial charge on any atom is 0.234 e. The van der Waals surface area contributed by atoms with Crippen molar-refractivity contribution in [2.45, 2.75) is 20.3 Å². The van der Waals surface area contributed by atoms with Crippen molar-refractivity contribution in [3.8, 4) is 12.3 Å². The molecule has 0 unspecified atom stereocenters. The van der Waals surface area contributed by atoms with Crippen molar-refractivity contribution in [1.29, 1.82) is 0 Å². The highest BCUT2D eigenvalue weighted by molar-refractivity contribution is 5.78. The van der Waals surface area contributed by atoms with Gasteiger partial charge in [-0.25, -0.2) is 0 Å². The zero-order chi connectivity index (χ0) is 10.6. The molecule has 0 spiro atoms. The quantitative estimate of drug-likeness (QED) is 0.662. The molecule has 3 heteroatoms. The van der Waals surface area contributed by atoms with E-state index in [2.05, 4.69) is 30.0 Å². The van der Waals surface area contributed by atoms with Gasteiger partial charge in [-0.3, -0.25) is 9.69 Å². The molecular weight excluding hydrogens is 176 g/mol. The van der Waals surface area contributed by atoms with Crippen LogP contribution >= 0.6 is 0 Å². The van der Waals surface area contributed by atoms with Gasteiger partial charge in [0.2, 0.25) is 5.91 Å². The molecule has 0 aromatic rings. The van der Waals surface area contributed by atoms with E-state index in [1.54, 1.807) is 0 Å². The summed E-state index contributed by atoms with van der Waals surface area (Å²) in [6.07, 6.45) is 6.21. The normalized spacial score (nSPS) is 20.4. The van der Waals surface area contributed by atoms with Gasteiger partial charge in [0.05, 0.1) is 13.1 Å². The summed E-state index contributed by atoms with van der Waals surface area (Å²) in [5, 5.41) is 2.67. The molecule has 1 rings (SSSR count). The first kappa shape index (κ1) is 11.1. The summed E-state index contributed by atoms with van der Waals surface area (Å²) in [7, 11) is 0. The fraction of sp³-hybridized carbons (Fsp3) is 0.727. The van der Waals surface area contributed by atoms with Crippen LogP contribution in [0.5, 0.6) is 0 Å². The number of carbonyl (C=O) groups excluding carboxylic acids is 1. The first-order chi connectivity index (χ1) is 6.53. The highest BCUT2D eigenvalue weighted by Gasteiger charge is 2.29. The van der Waals surface area contributed by atoms with Crippen LogP contribution in [0, 0.1) is 17.8 Å². The monoisotopic (exact) mass is 194 g/mol. The Morgan fingerprint density at radius 3 is 2.86 bits per heavy atom. The van der Waals surface area contributed by atoms with Crippen molar-refractivity contribution in [1.82, 2.24) is 10.2 Å². The standard InChI is InChI=1S/C11H18N2O/c1-4-6-12-10(14)8-13-7-5-11(2,3)9-13/h1H,5-9H2,2-3H3,(H,12,14). The molecule has 1 heterocycles. The summed E-state index contributed by atoms with van der Waals surface area (Å²) < 4.78 is 0. The fourth-order valence-electron chi connectivity index (χ4n) is 1.77. The molecule has 0 radical (unpaired) electrons. The summed E-state index contributed by atoms with van der Waals surface area (Å²) in [6.45, 7) is 7.27. The van der Waals surface area contributed by atoms with Crippen LogP contribution < -0.4 is 5.32 Å². The number of rotatable bonds is 3. The minimum Gasteiger partial charge on any atom is -0.344 e. The molecule has 1 N–H and O–H groups in total. The second-order valence-electron chi connectivity index (χ2n) is 4.61. The van der Waals surface area contributed by atoms with E-state index in [1.165, 1.54) is 0 Å². The average Bonchev–Trinajstić information content (AvgIpc) is 2.42. The molecule has 0 bridgehead atoms. The van der Waals surface area contributed by atoms with Gasteiger partial charge in [-0.1, -0.05) is 19.8 Å². The molecule has 3 nitrogen and oxygen atoms in total. The van der Waals surface area contributed by atoms with E-state index < -0.39 is 0 Å². The van der Waals surface area contributed by atoms with Crippen LogP contribution in [0.2, 0.25) is 0 Å². The van der Waals surface area contributed by atoms with Crippen molar-refractivity contribution in [3.05, 3.63) is 0 Å². The maximum absolute atomic E-state index is 11.3. The van der Waals surface area contributed by atoms with Crippen molar-refractivity contribution in [2.24, 2.45) is 5.41 Å². The number of hydrogen-bond donors (Lipinski definition) is 1. The van der Waals surface area contributed by atoms with E-state index in [0.717, 1.165) is 19.5 Å². The molecule has 0 aromatic carbocycles. The molecule has 78 valence electrons. The largest absolute Gasteiger partial charge is 0.344 e. The average molecular weight is 194 g/mol. The van der Waals surface area contributed by atoms with Crippen molar-refractivity contribution in [2.75, 3.05) is 26.2 Å². The van der Waals surface area contributed by atoms with Gasteiger partial charge in [0.15, 0.2) is 0 Å². The topological polar surface area (TPSA) is 32.3 Å². The third-order valence-electron chi connectivity index (χ3n) is 2.51. The molecule has 1 saturated heterocycles. The van der Waals surface area contributed by atoms with Crippen LogP contribution in [0.3, 0.4) is 0 Å². The molecule has 0 aliphatic carbocycles. The lowest BCUT2D eigenvalue weighted by Crippen LogP contribution is -2.36. The van der Waals surface area contributed by atoms with Gasteiger partial charge < -0.3 is 5.32 Å². The predicted molar refractivity (Wildman–Crippen MR) is 56.7 cm³/mol. The van der Waals surface area contributed by atoms with E-state index >= 15 is 0 Å².